The first-order chi connectivity index (χ1) is 3.18. The van der Waals surface area contributed by atoms with E-state index in [0.29, 0.717) is 0 Å². The molecule has 0 aliphatic rings. The summed E-state index contributed by atoms with van der Waals surface area (Å²) in [6.07, 6.45) is 0. The van der Waals surface area contributed by atoms with Crippen LogP contribution in [-0.4, -0.2) is 5.97 Å². The van der Waals surface area contributed by atoms with Crippen LogP contribution in [0.5, 0.6) is 0 Å². The Balaban J connectivity index is 3.35. The average Bonchev–Trinajstić information content (AvgIpc) is 1.65. The zero-order valence-corrected chi connectivity index (χ0v) is 4.47. The van der Waals surface area contributed by atoms with Crippen molar-refractivity contribution in [3.63, 3.8) is 0 Å². The van der Waals surface area contributed by atoms with E-state index in [0.717, 1.165) is 0 Å². The summed E-state index contributed by atoms with van der Waals surface area (Å²) in [4.78, 5) is 10.2. The molecule has 0 atom stereocenters. The van der Waals surface area contributed by atoms with E-state index >= 15 is 0 Å². The Bertz CT molecular complexity index is 66.5. The van der Waals surface area contributed by atoms with Crippen molar-refractivity contribution in [2.45, 2.75) is 13.8 Å². The fraction of sp³-hybridized carbons (Fsp3) is 0.600. The highest BCUT2D eigenvalue weighted by Gasteiger charge is 2.03. The van der Waals surface area contributed by atoms with Gasteiger partial charge in [0.1, 0.15) is 0 Å². The van der Waals surface area contributed by atoms with Crippen LogP contribution in [0.3, 0.4) is 0 Å². The summed E-state index contributed by atoms with van der Waals surface area (Å²) in [5.74, 6) is -0.495. The SMILES string of the molecule is [CH]OC(=O)C(C)C. The molecule has 0 fully saturated rings. The van der Waals surface area contributed by atoms with Gasteiger partial charge in [-0.15, -0.1) is 0 Å². The minimum atomic E-state index is -0.375. The van der Waals surface area contributed by atoms with E-state index in [1.165, 1.54) is 0 Å². The van der Waals surface area contributed by atoms with Crippen molar-refractivity contribution in [3.05, 3.63) is 7.11 Å². The normalized spacial score (nSPS) is 9.14. The van der Waals surface area contributed by atoms with Gasteiger partial charge in [-0.1, -0.05) is 13.8 Å². The molecule has 0 heterocycles. The second kappa shape index (κ2) is 2.61. The van der Waals surface area contributed by atoms with Crippen LogP contribution in [-0.2, 0) is 9.53 Å². The first-order valence-electron chi connectivity index (χ1n) is 2.09. The lowest BCUT2D eigenvalue weighted by atomic mass is 10.2. The summed E-state index contributed by atoms with van der Waals surface area (Å²) in [6, 6.07) is 0. The van der Waals surface area contributed by atoms with E-state index in [9.17, 15) is 4.79 Å². The van der Waals surface area contributed by atoms with Crippen LogP contribution in [0.1, 0.15) is 13.8 Å². The van der Waals surface area contributed by atoms with Crippen molar-refractivity contribution in [3.8, 4) is 0 Å². The van der Waals surface area contributed by atoms with Gasteiger partial charge in [0.2, 0.25) is 0 Å². The molecule has 0 rings (SSSR count). The average molecular weight is 100 g/mol. The third-order valence-corrected chi connectivity index (χ3v) is 0.588. The Morgan fingerprint density at radius 2 is 2.14 bits per heavy atom. The second-order valence-electron chi connectivity index (χ2n) is 1.59. The van der Waals surface area contributed by atoms with Crippen LogP contribution < -0.4 is 0 Å². The lowest BCUT2D eigenvalue weighted by molar-refractivity contribution is -0.141. The molecule has 0 amide bonds. The number of esters is 1. The van der Waals surface area contributed by atoms with E-state index in [4.69, 9.17) is 0 Å². The van der Waals surface area contributed by atoms with Gasteiger partial charge >= 0.3 is 5.97 Å². The molecule has 0 aliphatic heterocycles. The molecular formula is C5H8O2. The maximum atomic E-state index is 10.2. The van der Waals surface area contributed by atoms with Gasteiger partial charge in [0, 0.05) is 0 Å². The van der Waals surface area contributed by atoms with Crippen molar-refractivity contribution >= 4 is 5.97 Å². The largest absolute Gasteiger partial charge is 0.454 e. The minimum Gasteiger partial charge on any atom is -0.454 e. The summed E-state index contributed by atoms with van der Waals surface area (Å²) in [5, 5.41) is 0. The lowest BCUT2D eigenvalue weighted by Crippen LogP contribution is -2.06. The summed E-state index contributed by atoms with van der Waals surface area (Å²) in [7, 11) is 4.52. The molecular weight excluding hydrogens is 92.1 g/mol. The highest BCUT2D eigenvalue weighted by atomic mass is 16.5. The van der Waals surface area contributed by atoms with Gasteiger partial charge < -0.3 is 4.74 Å². The quantitative estimate of drug-likeness (QED) is 0.457. The number of ether oxygens (including phenoxy) is 1. The predicted molar refractivity (Wildman–Crippen MR) is 25.2 cm³/mol. The fourth-order valence-corrected chi connectivity index (χ4v) is 0.136. The maximum absolute atomic E-state index is 10.2. The molecule has 0 bridgehead atoms. The highest BCUT2D eigenvalue weighted by molar-refractivity contribution is 5.71. The molecule has 0 spiro atoms. The highest BCUT2D eigenvalue weighted by Crippen LogP contribution is 1.92. The Morgan fingerprint density at radius 3 is 2.14 bits per heavy atom. The van der Waals surface area contributed by atoms with E-state index < -0.39 is 0 Å². The molecule has 0 saturated heterocycles. The van der Waals surface area contributed by atoms with Crippen molar-refractivity contribution < 1.29 is 9.53 Å². The molecule has 0 N–H and O–H groups in total. The Kier molecular flexibility index (Phi) is 2.41. The van der Waals surface area contributed by atoms with Crippen LogP contribution in [0.4, 0.5) is 0 Å². The molecule has 2 radical (unpaired) electrons. The van der Waals surface area contributed by atoms with Gasteiger partial charge in [-0.05, 0) is 0 Å². The third-order valence-electron chi connectivity index (χ3n) is 0.588. The molecule has 0 aliphatic carbocycles. The molecule has 2 heteroatoms. The van der Waals surface area contributed by atoms with Crippen molar-refractivity contribution in [2.75, 3.05) is 0 Å². The Hall–Kier alpha value is -0.530. The standard InChI is InChI=1S/C5H8O2/c1-4(2)5(6)7-3/h3-4H,1-2H3. The van der Waals surface area contributed by atoms with Crippen LogP contribution in [0.2, 0.25) is 0 Å². The molecule has 0 aromatic carbocycles. The summed E-state index contributed by atoms with van der Waals surface area (Å²) in [6.45, 7) is 3.43. The van der Waals surface area contributed by atoms with Crippen molar-refractivity contribution in [1.82, 2.24) is 0 Å². The molecule has 2 nitrogen and oxygen atoms in total. The van der Waals surface area contributed by atoms with E-state index in [2.05, 4.69) is 11.8 Å². The zero-order valence-electron chi connectivity index (χ0n) is 4.47. The number of carbonyl (C=O) groups excluding carboxylic acids is 1. The minimum absolute atomic E-state index is 0.120. The lowest BCUT2D eigenvalue weighted by Gasteiger charge is -1.97. The van der Waals surface area contributed by atoms with E-state index in [1.807, 2.05) is 0 Å². The van der Waals surface area contributed by atoms with Gasteiger partial charge in [0.25, 0.3) is 0 Å². The van der Waals surface area contributed by atoms with Crippen LogP contribution >= 0.6 is 0 Å². The van der Waals surface area contributed by atoms with Crippen molar-refractivity contribution in [2.24, 2.45) is 5.92 Å². The molecule has 0 aromatic heterocycles. The fourth-order valence-electron chi connectivity index (χ4n) is 0.136. The monoisotopic (exact) mass is 100 g/mol. The summed E-state index contributed by atoms with van der Waals surface area (Å²) >= 11 is 0. The predicted octanol–water partition coefficient (Wildman–Crippen LogP) is 0.854. The third kappa shape index (κ3) is 2.20. The number of hydrogen-bond acceptors (Lipinski definition) is 2. The van der Waals surface area contributed by atoms with Crippen LogP contribution in [0, 0.1) is 13.0 Å². The zero-order chi connectivity index (χ0) is 5.86. The number of hydrogen-bond donors (Lipinski definition) is 0. The van der Waals surface area contributed by atoms with Gasteiger partial charge in [0.15, 0.2) is 7.11 Å². The number of rotatable bonds is 1. The number of carbonyl (C=O) groups is 1. The van der Waals surface area contributed by atoms with E-state index in [-0.39, 0.29) is 11.9 Å². The van der Waals surface area contributed by atoms with Gasteiger partial charge in [-0.2, -0.15) is 0 Å². The molecule has 40 valence electrons. The topological polar surface area (TPSA) is 26.3 Å². The molecule has 0 aromatic rings. The molecule has 7 heavy (non-hydrogen) atoms. The maximum Gasteiger partial charge on any atom is 0.308 e. The van der Waals surface area contributed by atoms with Gasteiger partial charge in [-0.25, -0.2) is 0 Å². The van der Waals surface area contributed by atoms with Crippen LogP contribution in [0.25, 0.3) is 0 Å². The van der Waals surface area contributed by atoms with E-state index in [1.54, 1.807) is 13.8 Å². The summed E-state index contributed by atoms with van der Waals surface area (Å²) < 4.78 is 3.87. The first kappa shape index (κ1) is 6.47. The Morgan fingerprint density at radius 1 is 1.71 bits per heavy atom. The summed E-state index contributed by atoms with van der Waals surface area (Å²) in [5.41, 5.74) is 0. The van der Waals surface area contributed by atoms with Gasteiger partial charge in [-0.3, -0.25) is 4.79 Å². The first-order valence-corrected chi connectivity index (χ1v) is 2.09. The smallest absolute Gasteiger partial charge is 0.308 e. The van der Waals surface area contributed by atoms with Gasteiger partial charge in [0.05, 0.1) is 5.92 Å². The molecule has 0 saturated carbocycles. The Labute approximate surface area is 43.5 Å². The molecule has 0 unspecified atom stereocenters. The van der Waals surface area contributed by atoms with Crippen LogP contribution in [0.15, 0.2) is 0 Å². The second-order valence-corrected chi connectivity index (χ2v) is 1.59. The van der Waals surface area contributed by atoms with Crippen molar-refractivity contribution in [1.29, 1.82) is 0 Å².